The van der Waals surface area contributed by atoms with Gasteiger partial charge in [0.25, 0.3) is 12.3 Å². The Morgan fingerprint density at radius 3 is 2.65 bits per heavy atom. The molecule has 8 heteroatoms. The van der Waals surface area contributed by atoms with E-state index >= 15 is 8.78 Å². The molecule has 3 unspecified atom stereocenters. The first kappa shape index (κ1) is 28.1. The fourth-order valence-electron chi connectivity index (χ4n) is 5.49. The molecule has 4 rings (SSSR count). The summed E-state index contributed by atoms with van der Waals surface area (Å²) < 4.78 is 60.7. The number of pyridine rings is 1. The topological polar surface area (TPSA) is 37.7 Å². The smallest absolute Gasteiger partial charge is 0.270 e. The van der Waals surface area contributed by atoms with Crippen LogP contribution in [0.4, 0.5) is 17.6 Å². The number of hydroxylamine groups is 2. The molecule has 1 saturated carbocycles. The maximum Gasteiger partial charge on any atom is 0.288 e. The minimum absolute atomic E-state index is 0.0614. The Balaban J connectivity index is 1.32. The molecule has 1 fully saturated rings. The number of hydrogen-bond acceptors (Lipinski definition) is 4. The standard InChI is InChI=1S/C29H41F4N3O/c1-3-4-9-20(2)18-23-19-22-13-14-24(29(32,33)26(22)27(30)34-23)25-15-16-36(28(31)35-25)37-17-8-6-5-7-10-21-11-12-21/h15-16,19-21,24,28H,3-14,17-18H2,1-2H3. The van der Waals surface area contributed by atoms with Gasteiger partial charge in [0, 0.05) is 11.9 Å². The van der Waals surface area contributed by atoms with Crippen LogP contribution >= 0.6 is 0 Å². The second kappa shape index (κ2) is 12.7. The largest absolute Gasteiger partial charge is 0.288 e. The van der Waals surface area contributed by atoms with Crippen LogP contribution in [0.15, 0.2) is 23.3 Å². The first-order valence-corrected chi connectivity index (χ1v) is 14.2. The molecule has 1 aliphatic heterocycles. The molecule has 3 aliphatic rings. The monoisotopic (exact) mass is 523 g/mol. The number of fused-ring (bicyclic) bond motifs is 1. The number of hydrogen-bond donors (Lipinski definition) is 0. The lowest BCUT2D eigenvalue weighted by molar-refractivity contribution is -0.180. The molecule has 1 aromatic rings. The molecule has 2 heterocycles. The fraction of sp³-hybridized carbons (Fsp3) is 0.724. The SMILES string of the molecule is CCCCC(C)Cc1cc2c(c(F)n1)C(F)(F)C(C1=NC(F)N(OCCCCCCC3CC3)C=C1)CC2. The van der Waals surface area contributed by atoms with Crippen molar-refractivity contribution in [1.29, 1.82) is 0 Å². The average Bonchev–Trinajstić information content (AvgIpc) is 3.67. The van der Waals surface area contributed by atoms with E-state index in [0.717, 1.165) is 49.5 Å². The molecule has 0 aromatic carbocycles. The van der Waals surface area contributed by atoms with Crippen LogP contribution in [0.2, 0.25) is 0 Å². The van der Waals surface area contributed by atoms with Gasteiger partial charge in [-0.25, -0.2) is 23.8 Å². The third kappa shape index (κ3) is 7.33. The number of aliphatic imine (C=N–C) groups is 1. The summed E-state index contributed by atoms with van der Waals surface area (Å²) in [6, 6.07) is 1.63. The van der Waals surface area contributed by atoms with Crippen molar-refractivity contribution in [3.05, 3.63) is 41.1 Å². The molecule has 0 radical (unpaired) electrons. The lowest BCUT2D eigenvalue weighted by Gasteiger charge is -2.35. The Bertz CT molecular complexity index is 963. The van der Waals surface area contributed by atoms with Gasteiger partial charge in [-0.1, -0.05) is 71.6 Å². The van der Waals surface area contributed by atoms with Gasteiger partial charge in [-0.15, -0.1) is 0 Å². The number of rotatable bonds is 14. The molecular weight excluding hydrogens is 482 g/mol. The van der Waals surface area contributed by atoms with Crippen LogP contribution in [0.25, 0.3) is 0 Å². The molecule has 206 valence electrons. The Labute approximate surface area is 218 Å². The van der Waals surface area contributed by atoms with Crippen molar-refractivity contribution in [2.24, 2.45) is 22.7 Å². The average molecular weight is 524 g/mol. The van der Waals surface area contributed by atoms with Gasteiger partial charge in [-0.3, -0.25) is 4.84 Å². The van der Waals surface area contributed by atoms with Crippen molar-refractivity contribution in [3.63, 3.8) is 0 Å². The van der Waals surface area contributed by atoms with Gasteiger partial charge < -0.3 is 0 Å². The minimum Gasteiger partial charge on any atom is -0.270 e. The highest BCUT2D eigenvalue weighted by atomic mass is 19.3. The van der Waals surface area contributed by atoms with E-state index in [0.29, 0.717) is 30.2 Å². The quantitative estimate of drug-likeness (QED) is 0.107. The van der Waals surface area contributed by atoms with Crippen molar-refractivity contribution >= 4 is 5.71 Å². The molecule has 0 amide bonds. The van der Waals surface area contributed by atoms with E-state index in [1.54, 1.807) is 6.07 Å². The van der Waals surface area contributed by atoms with Crippen molar-refractivity contribution < 1.29 is 22.4 Å². The predicted octanol–water partition coefficient (Wildman–Crippen LogP) is 8.06. The third-order valence-corrected chi connectivity index (χ3v) is 7.85. The molecule has 3 atom stereocenters. The van der Waals surface area contributed by atoms with Crippen LogP contribution in [0.5, 0.6) is 0 Å². The van der Waals surface area contributed by atoms with E-state index < -0.39 is 29.8 Å². The van der Waals surface area contributed by atoms with E-state index in [4.69, 9.17) is 4.84 Å². The lowest BCUT2D eigenvalue weighted by Crippen LogP contribution is -2.40. The first-order valence-electron chi connectivity index (χ1n) is 14.2. The highest BCUT2D eigenvalue weighted by Crippen LogP contribution is 2.46. The maximum absolute atomic E-state index is 15.5. The summed E-state index contributed by atoms with van der Waals surface area (Å²) >= 11 is 0. The Kier molecular flexibility index (Phi) is 9.65. The molecule has 4 nitrogen and oxygen atoms in total. The van der Waals surface area contributed by atoms with Gasteiger partial charge in [-0.2, -0.15) is 8.78 Å². The van der Waals surface area contributed by atoms with Crippen LogP contribution in [-0.4, -0.2) is 28.8 Å². The van der Waals surface area contributed by atoms with E-state index in [2.05, 4.69) is 23.8 Å². The molecular formula is C29H41F4N3O. The van der Waals surface area contributed by atoms with Crippen LogP contribution in [0.1, 0.15) is 101 Å². The zero-order valence-electron chi connectivity index (χ0n) is 22.2. The molecule has 0 bridgehead atoms. The molecule has 2 aliphatic carbocycles. The van der Waals surface area contributed by atoms with Crippen LogP contribution < -0.4 is 0 Å². The van der Waals surface area contributed by atoms with E-state index in [1.807, 2.05) is 0 Å². The number of nitrogens with zero attached hydrogens (tertiary/aromatic N) is 3. The minimum atomic E-state index is -3.52. The number of halogens is 4. The van der Waals surface area contributed by atoms with Gasteiger partial charge in [0.05, 0.1) is 23.8 Å². The summed E-state index contributed by atoms with van der Waals surface area (Å²) in [4.78, 5) is 13.2. The maximum atomic E-state index is 15.5. The fourth-order valence-corrected chi connectivity index (χ4v) is 5.49. The summed E-state index contributed by atoms with van der Waals surface area (Å²) in [6.07, 6.45) is 13.1. The summed E-state index contributed by atoms with van der Waals surface area (Å²) in [6.45, 7) is 4.54. The van der Waals surface area contributed by atoms with Crippen molar-refractivity contribution in [1.82, 2.24) is 10.0 Å². The van der Waals surface area contributed by atoms with E-state index in [-0.39, 0.29) is 18.6 Å². The molecule has 0 spiro atoms. The van der Waals surface area contributed by atoms with Crippen LogP contribution in [0, 0.1) is 23.7 Å². The van der Waals surface area contributed by atoms with E-state index in [1.165, 1.54) is 38.0 Å². The molecule has 0 N–H and O–H groups in total. The first-order chi connectivity index (χ1) is 17.8. The van der Waals surface area contributed by atoms with Crippen molar-refractivity contribution in [3.8, 4) is 0 Å². The summed E-state index contributed by atoms with van der Waals surface area (Å²) in [7, 11) is 0. The summed E-state index contributed by atoms with van der Waals surface area (Å²) in [5, 5.41) is 0.969. The Hall–Kier alpha value is -1.96. The lowest BCUT2D eigenvalue weighted by atomic mass is 9.78. The van der Waals surface area contributed by atoms with Gasteiger partial charge in [-0.05, 0) is 55.2 Å². The van der Waals surface area contributed by atoms with Gasteiger partial charge in [0.15, 0.2) is 0 Å². The van der Waals surface area contributed by atoms with Crippen molar-refractivity contribution in [2.75, 3.05) is 6.61 Å². The normalized spacial score (nSPS) is 23.6. The number of unbranched alkanes of at least 4 members (excludes halogenated alkanes) is 4. The highest BCUT2D eigenvalue weighted by Gasteiger charge is 2.50. The molecule has 37 heavy (non-hydrogen) atoms. The van der Waals surface area contributed by atoms with Crippen LogP contribution in [-0.2, 0) is 23.6 Å². The Morgan fingerprint density at radius 2 is 1.92 bits per heavy atom. The number of allylic oxidation sites excluding steroid dienone is 1. The predicted molar refractivity (Wildman–Crippen MR) is 137 cm³/mol. The highest BCUT2D eigenvalue weighted by molar-refractivity contribution is 5.98. The molecule has 0 saturated heterocycles. The molecule has 1 aromatic heterocycles. The number of alkyl halides is 3. The second-order valence-electron chi connectivity index (χ2n) is 11.1. The number of aryl methyl sites for hydroxylation is 1. The summed E-state index contributed by atoms with van der Waals surface area (Å²) in [5.74, 6) is -4.81. The number of aromatic nitrogens is 1. The zero-order chi connectivity index (χ0) is 26.4. The zero-order valence-corrected chi connectivity index (χ0v) is 22.2. The summed E-state index contributed by atoms with van der Waals surface area (Å²) in [5.41, 5.74) is 0.0783. The van der Waals surface area contributed by atoms with Gasteiger partial charge >= 0.3 is 0 Å². The van der Waals surface area contributed by atoms with Gasteiger partial charge in [0.2, 0.25) is 5.95 Å². The van der Waals surface area contributed by atoms with E-state index in [9.17, 15) is 8.78 Å². The van der Waals surface area contributed by atoms with Gasteiger partial charge in [0.1, 0.15) is 0 Å². The van der Waals surface area contributed by atoms with Crippen LogP contribution in [0.3, 0.4) is 0 Å². The second-order valence-corrected chi connectivity index (χ2v) is 11.1. The Morgan fingerprint density at radius 1 is 1.14 bits per heavy atom. The third-order valence-electron chi connectivity index (χ3n) is 7.85. The van der Waals surface area contributed by atoms with Crippen molar-refractivity contribution in [2.45, 2.75) is 110 Å².